The zero-order valence-corrected chi connectivity index (χ0v) is 15.3. The van der Waals surface area contributed by atoms with Gasteiger partial charge in [0.05, 0.1) is 32.2 Å². The van der Waals surface area contributed by atoms with Gasteiger partial charge in [-0.2, -0.15) is 0 Å². The molecule has 0 atom stereocenters. The number of rotatable bonds is 2. The third-order valence-corrected chi connectivity index (χ3v) is 5.19. The first-order valence-electron chi connectivity index (χ1n) is 8.26. The zero-order valence-electron chi connectivity index (χ0n) is 13.8. The van der Waals surface area contributed by atoms with Gasteiger partial charge in [0.15, 0.2) is 0 Å². The summed E-state index contributed by atoms with van der Waals surface area (Å²) in [6.07, 6.45) is 0. The van der Waals surface area contributed by atoms with Crippen molar-refractivity contribution in [2.24, 2.45) is 0 Å². The number of nitrogens with one attached hydrogen (secondary N) is 3. The molecule has 2 heterocycles. The molecule has 0 bridgehead atoms. The number of para-hydroxylation sites is 2. The van der Waals surface area contributed by atoms with Gasteiger partial charge in [-0.3, -0.25) is 4.79 Å². The van der Waals surface area contributed by atoms with Crippen LogP contribution in [0, 0.1) is 0 Å². The molecule has 5 aromatic rings. The van der Waals surface area contributed by atoms with E-state index in [1.807, 2.05) is 36.4 Å². The van der Waals surface area contributed by atoms with Gasteiger partial charge < -0.3 is 15.3 Å². The maximum atomic E-state index is 12.7. The first kappa shape index (κ1) is 16.2. The van der Waals surface area contributed by atoms with E-state index >= 15 is 0 Å². The van der Waals surface area contributed by atoms with Crippen LogP contribution in [0.3, 0.4) is 0 Å². The number of hydrogen-bond donors (Lipinski definition) is 3. The lowest BCUT2D eigenvalue weighted by molar-refractivity contribution is 1.31. The standard InChI is InChI=1S/C20H12Cl2N4O/c21-12-5-3-6-13(22)17(12)25-20-24-15-9-8-11-10-4-1-2-7-14(10)23-19(27)16(11)18(15)26-20/h1-9H,(H,23,27)(H2,24,25,26). The van der Waals surface area contributed by atoms with Gasteiger partial charge in [-0.1, -0.05) is 53.5 Å². The molecule has 0 spiro atoms. The summed E-state index contributed by atoms with van der Waals surface area (Å²) in [6.45, 7) is 0. The van der Waals surface area contributed by atoms with Crippen molar-refractivity contribution in [3.8, 4) is 0 Å². The van der Waals surface area contributed by atoms with E-state index < -0.39 is 0 Å². The van der Waals surface area contributed by atoms with Crippen LogP contribution in [-0.4, -0.2) is 15.0 Å². The average molecular weight is 395 g/mol. The van der Waals surface area contributed by atoms with Crippen molar-refractivity contribution in [1.82, 2.24) is 15.0 Å². The van der Waals surface area contributed by atoms with Crippen LogP contribution in [0.5, 0.6) is 0 Å². The third-order valence-electron chi connectivity index (χ3n) is 4.56. The van der Waals surface area contributed by atoms with Gasteiger partial charge in [0, 0.05) is 10.9 Å². The van der Waals surface area contributed by atoms with Gasteiger partial charge >= 0.3 is 0 Å². The number of benzene rings is 3. The Labute approximate surface area is 162 Å². The number of aromatic amines is 2. The summed E-state index contributed by atoms with van der Waals surface area (Å²) in [5.41, 5.74) is 2.53. The monoisotopic (exact) mass is 394 g/mol. The van der Waals surface area contributed by atoms with Crippen molar-refractivity contribution in [3.63, 3.8) is 0 Å². The summed E-state index contributed by atoms with van der Waals surface area (Å²) >= 11 is 12.4. The number of nitrogens with zero attached hydrogens (tertiary/aromatic N) is 1. The number of hydrogen-bond acceptors (Lipinski definition) is 3. The van der Waals surface area contributed by atoms with E-state index in [1.54, 1.807) is 18.2 Å². The second-order valence-corrected chi connectivity index (χ2v) is 7.00. The Morgan fingerprint density at radius 1 is 0.852 bits per heavy atom. The molecular weight excluding hydrogens is 383 g/mol. The number of halogens is 2. The third kappa shape index (κ3) is 2.55. The number of imidazole rings is 1. The molecule has 5 rings (SSSR count). The van der Waals surface area contributed by atoms with E-state index in [1.165, 1.54) is 0 Å². The number of aromatic nitrogens is 3. The largest absolute Gasteiger partial charge is 0.323 e. The van der Waals surface area contributed by atoms with Gasteiger partial charge in [-0.05, 0) is 29.7 Å². The molecule has 0 aliphatic carbocycles. The molecular formula is C20H12Cl2N4O. The zero-order chi connectivity index (χ0) is 18.5. The molecule has 132 valence electrons. The number of H-pyrrole nitrogens is 2. The summed E-state index contributed by atoms with van der Waals surface area (Å²) in [4.78, 5) is 23.4. The number of fused-ring (bicyclic) bond motifs is 5. The average Bonchev–Trinajstić information content (AvgIpc) is 3.07. The SMILES string of the molecule is O=c1[nH]c2ccccc2c2ccc3nc(Nc4c(Cl)cccc4Cl)[nH]c3c12. The Balaban J connectivity index is 1.75. The molecule has 0 aliphatic heterocycles. The summed E-state index contributed by atoms with van der Waals surface area (Å²) in [7, 11) is 0. The minimum atomic E-state index is -0.166. The minimum absolute atomic E-state index is 0.166. The molecule has 0 amide bonds. The van der Waals surface area contributed by atoms with Crippen LogP contribution in [0.25, 0.3) is 32.7 Å². The molecule has 0 saturated heterocycles. The Hall–Kier alpha value is -3.02. The van der Waals surface area contributed by atoms with Crippen LogP contribution >= 0.6 is 23.2 Å². The van der Waals surface area contributed by atoms with Crippen molar-refractivity contribution < 1.29 is 0 Å². The summed E-state index contributed by atoms with van der Waals surface area (Å²) < 4.78 is 0. The van der Waals surface area contributed by atoms with Crippen molar-refractivity contribution in [2.45, 2.75) is 0 Å². The fourth-order valence-corrected chi connectivity index (χ4v) is 3.84. The van der Waals surface area contributed by atoms with Crippen LogP contribution in [0.1, 0.15) is 0 Å². The van der Waals surface area contributed by atoms with E-state index in [0.29, 0.717) is 38.1 Å². The van der Waals surface area contributed by atoms with E-state index in [2.05, 4.69) is 20.3 Å². The predicted octanol–water partition coefficient (Wildman–Crippen LogP) is 5.61. The van der Waals surface area contributed by atoms with Crippen LogP contribution in [0.4, 0.5) is 11.6 Å². The lowest BCUT2D eigenvalue weighted by atomic mass is 10.1. The molecule has 0 saturated carbocycles. The molecule has 3 N–H and O–H groups in total. The first-order valence-corrected chi connectivity index (χ1v) is 9.02. The van der Waals surface area contributed by atoms with Gasteiger partial charge in [0.2, 0.25) is 5.95 Å². The molecule has 0 fully saturated rings. The first-order chi connectivity index (χ1) is 13.1. The second kappa shape index (κ2) is 6.01. The number of pyridine rings is 1. The molecule has 0 radical (unpaired) electrons. The minimum Gasteiger partial charge on any atom is -0.323 e. The summed E-state index contributed by atoms with van der Waals surface area (Å²) in [5.74, 6) is 0.458. The lowest BCUT2D eigenvalue weighted by Gasteiger charge is -2.07. The van der Waals surface area contributed by atoms with E-state index in [4.69, 9.17) is 23.2 Å². The van der Waals surface area contributed by atoms with Gasteiger partial charge in [0.25, 0.3) is 5.56 Å². The van der Waals surface area contributed by atoms with E-state index in [9.17, 15) is 4.79 Å². The van der Waals surface area contributed by atoms with Crippen molar-refractivity contribution in [2.75, 3.05) is 5.32 Å². The van der Waals surface area contributed by atoms with Gasteiger partial charge in [-0.25, -0.2) is 4.98 Å². The van der Waals surface area contributed by atoms with Crippen molar-refractivity contribution in [3.05, 3.63) is 75.0 Å². The quantitative estimate of drug-likeness (QED) is 0.340. The smallest absolute Gasteiger partial charge is 0.258 e. The molecule has 0 aliphatic rings. The highest BCUT2D eigenvalue weighted by Crippen LogP contribution is 2.33. The second-order valence-electron chi connectivity index (χ2n) is 6.19. The molecule has 2 aromatic heterocycles. The fraction of sp³-hybridized carbons (Fsp3) is 0. The Bertz CT molecular complexity index is 1380. The van der Waals surface area contributed by atoms with Crippen molar-refractivity contribution in [1.29, 1.82) is 0 Å². The fourth-order valence-electron chi connectivity index (χ4n) is 3.35. The lowest BCUT2D eigenvalue weighted by Crippen LogP contribution is -2.06. The predicted molar refractivity (Wildman–Crippen MR) is 111 cm³/mol. The van der Waals surface area contributed by atoms with E-state index in [-0.39, 0.29) is 5.56 Å². The maximum absolute atomic E-state index is 12.7. The topological polar surface area (TPSA) is 73.6 Å². The Kier molecular flexibility index (Phi) is 3.60. The Morgan fingerprint density at radius 3 is 2.44 bits per heavy atom. The molecule has 0 unspecified atom stereocenters. The highest BCUT2D eigenvalue weighted by atomic mass is 35.5. The molecule has 7 heteroatoms. The van der Waals surface area contributed by atoms with Crippen molar-refractivity contribution >= 4 is 67.5 Å². The van der Waals surface area contributed by atoms with Gasteiger partial charge in [-0.15, -0.1) is 0 Å². The van der Waals surface area contributed by atoms with Crippen LogP contribution in [0.2, 0.25) is 10.0 Å². The van der Waals surface area contributed by atoms with E-state index in [0.717, 1.165) is 16.3 Å². The highest BCUT2D eigenvalue weighted by molar-refractivity contribution is 6.39. The van der Waals surface area contributed by atoms with Crippen LogP contribution in [-0.2, 0) is 0 Å². The highest BCUT2D eigenvalue weighted by Gasteiger charge is 2.14. The Morgan fingerprint density at radius 2 is 1.63 bits per heavy atom. The summed E-state index contributed by atoms with van der Waals surface area (Å²) in [6, 6.07) is 16.8. The van der Waals surface area contributed by atoms with Gasteiger partial charge in [0.1, 0.15) is 0 Å². The van der Waals surface area contributed by atoms with Crippen LogP contribution in [0.15, 0.2) is 59.4 Å². The maximum Gasteiger partial charge on any atom is 0.258 e. The molecule has 3 aromatic carbocycles. The molecule has 5 nitrogen and oxygen atoms in total. The van der Waals surface area contributed by atoms with Crippen LogP contribution < -0.4 is 10.9 Å². The normalized spacial score (nSPS) is 11.5. The summed E-state index contributed by atoms with van der Waals surface area (Å²) in [5, 5.41) is 6.49. The number of anilines is 2. The molecule has 27 heavy (non-hydrogen) atoms.